The first-order chi connectivity index (χ1) is 3.41. The summed E-state index contributed by atoms with van der Waals surface area (Å²) < 4.78 is 1.92. The van der Waals surface area contributed by atoms with Crippen LogP contribution in [-0.4, -0.2) is 4.73 Å². The monoisotopic (exact) mass is 130 g/mol. The SMILES string of the molecule is C[C-]=C/C=C\[CH]=[V]. The van der Waals surface area contributed by atoms with Crippen LogP contribution in [0.5, 0.6) is 0 Å². The molecule has 7 heavy (non-hydrogen) atoms. The van der Waals surface area contributed by atoms with Crippen LogP contribution in [0.25, 0.3) is 0 Å². The van der Waals surface area contributed by atoms with E-state index in [2.05, 4.69) is 23.1 Å². The Morgan fingerprint density at radius 2 is 2.14 bits per heavy atom. The van der Waals surface area contributed by atoms with Gasteiger partial charge < -0.3 is 0 Å². The second-order valence-electron chi connectivity index (χ2n) is 0.989. The van der Waals surface area contributed by atoms with Crippen LogP contribution in [0.2, 0.25) is 0 Å². The van der Waals surface area contributed by atoms with Crippen molar-refractivity contribution in [3.05, 3.63) is 24.3 Å². The summed E-state index contributed by atoms with van der Waals surface area (Å²) >= 11 is 2.36. The molecule has 0 unspecified atom stereocenters. The molecule has 0 aromatic rings. The Bertz CT molecular complexity index is 90.4. The fraction of sp³-hybridized carbons (Fsp3) is 0.167. The van der Waals surface area contributed by atoms with E-state index in [1.165, 1.54) is 0 Å². The van der Waals surface area contributed by atoms with Crippen molar-refractivity contribution in [2.45, 2.75) is 6.92 Å². The average molecular weight is 130 g/mol. The van der Waals surface area contributed by atoms with Gasteiger partial charge in [-0.1, -0.05) is 0 Å². The van der Waals surface area contributed by atoms with E-state index in [-0.39, 0.29) is 0 Å². The van der Waals surface area contributed by atoms with E-state index in [4.69, 9.17) is 0 Å². The number of rotatable bonds is 2. The Labute approximate surface area is 53.4 Å². The number of hydrogen-bond acceptors (Lipinski definition) is 0. The molecule has 0 aliphatic heterocycles. The molecule has 37 valence electrons. The van der Waals surface area contributed by atoms with Crippen LogP contribution in [0.4, 0.5) is 0 Å². The van der Waals surface area contributed by atoms with E-state index in [0.717, 1.165) is 0 Å². The molecule has 0 rings (SSSR count). The zero-order chi connectivity index (χ0) is 5.54. The maximum atomic E-state index is 2.86. The zero-order valence-electron chi connectivity index (χ0n) is 4.26. The van der Waals surface area contributed by atoms with Crippen molar-refractivity contribution in [1.29, 1.82) is 0 Å². The van der Waals surface area contributed by atoms with Crippen LogP contribution < -0.4 is 0 Å². The second-order valence-corrected chi connectivity index (χ2v) is 1.45. The van der Waals surface area contributed by atoms with Crippen LogP contribution in [0, 0.1) is 6.08 Å². The van der Waals surface area contributed by atoms with Gasteiger partial charge in [-0.05, 0) is 0 Å². The maximum absolute atomic E-state index is 2.86. The van der Waals surface area contributed by atoms with Gasteiger partial charge in [0.2, 0.25) is 0 Å². The van der Waals surface area contributed by atoms with Crippen molar-refractivity contribution in [2.24, 2.45) is 0 Å². The summed E-state index contributed by atoms with van der Waals surface area (Å²) in [7, 11) is 0. The predicted octanol–water partition coefficient (Wildman–Crippen LogP) is 1.27. The number of hydrogen-bond donors (Lipinski definition) is 0. The molecule has 0 aromatic heterocycles. The molecule has 0 radical (unpaired) electrons. The van der Waals surface area contributed by atoms with E-state index in [1.807, 2.05) is 29.9 Å². The third-order valence-corrected chi connectivity index (χ3v) is 0.729. The van der Waals surface area contributed by atoms with Gasteiger partial charge in [-0.3, -0.25) is 0 Å². The summed E-state index contributed by atoms with van der Waals surface area (Å²) in [5.41, 5.74) is 0. The summed E-state index contributed by atoms with van der Waals surface area (Å²) in [5, 5.41) is 0. The molecule has 0 amide bonds. The average Bonchev–Trinajstić information content (AvgIpc) is 1.69. The molecule has 0 N–H and O–H groups in total. The fourth-order valence-corrected chi connectivity index (χ4v) is 0.357. The summed E-state index contributed by atoms with van der Waals surface area (Å²) in [4.78, 5) is 0. The molecule has 1 heteroatoms. The van der Waals surface area contributed by atoms with Gasteiger partial charge in [0, 0.05) is 0 Å². The quantitative estimate of drug-likeness (QED) is 0.390. The molecular formula is C6H7V-. The van der Waals surface area contributed by atoms with Crippen molar-refractivity contribution < 1.29 is 17.0 Å². The van der Waals surface area contributed by atoms with Gasteiger partial charge in [-0.25, -0.2) is 0 Å². The molecule has 0 fully saturated rings. The molecule has 0 aliphatic rings. The zero-order valence-corrected chi connectivity index (χ0v) is 5.65. The molecule has 0 saturated carbocycles. The fourth-order valence-electron chi connectivity index (χ4n) is 0.201. The Kier molecular flexibility index (Phi) is 5.88. The minimum atomic E-state index is 1.86. The molecule has 0 bridgehead atoms. The topological polar surface area (TPSA) is 0 Å². The summed E-state index contributed by atoms with van der Waals surface area (Å²) in [6.45, 7) is 1.87. The van der Waals surface area contributed by atoms with Gasteiger partial charge in [-0.2, -0.15) is 0 Å². The van der Waals surface area contributed by atoms with Gasteiger partial charge >= 0.3 is 52.9 Å². The van der Waals surface area contributed by atoms with E-state index < -0.39 is 0 Å². The van der Waals surface area contributed by atoms with Crippen molar-refractivity contribution in [3.63, 3.8) is 0 Å². The first-order valence-corrected chi connectivity index (χ1v) is 2.85. The van der Waals surface area contributed by atoms with Crippen molar-refractivity contribution in [2.75, 3.05) is 0 Å². The standard InChI is InChI=1S/C6H7.V/c1-3-5-6-4-2;/h1,3,5-6H,2H3;/q-1;/b5-3-;. The molecule has 0 heterocycles. The van der Waals surface area contributed by atoms with E-state index in [9.17, 15) is 0 Å². The first-order valence-electron chi connectivity index (χ1n) is 2.05. The van der Waals surface area contributed by atoms with Crippen LogP contribution >= 0.6 is 0 Å². The van der Waals surface area contributed by atoms with Gasteiger partial charge in [0.25, 0.3) is 0 Å². The molecular weight excluding hydrogens is 123 g/mol. The Hall–Kier alpha value is -0.0656. The Morgan fingerprint density at radius 1 is 1.43 bits per heavy atom. The van der Waals surface area contributed by atoms with Crippen molar-refractivity contribution >= 4 is 4.73 Å². The summed E-state index contributed by atoms with van der Waals surface area (Å²) in [5.74, 6) is 0. The van der Waals surface area contributed by atoms with Crippen LogP contribution in [0.15, 0.2) is 18.2 Å². The molecule has 0 atom stereocenters. The minimum absolute atomic E-state index is 1.86. The van der Waals surface area contributed by atoms with Gasteiger partial charge in [0.15, 0.2) is 0 Å². The van der Waals surface area contributed by atoms with Gasteiger partial charge in [0.1, 0.15) is 0 Å². The predicted molar refractivity (Wildman–Crippen MR) is 28.7 cm³/mol. The van der Waals surface area contributed by atoms with Crippen LogP contribution in [0.3, 0.4) is 0 Å². The molecule has 0 nitrogen and oxygen atoms in total. The summed E-state index contributed by atoms with van der Waals surface area (Å²) in [6.07, 6.45) is 8.60. The van der Waals surface area contributed by atoms with Crippen molar-refractivity contribution in [3.8, 4) is 0 Å². The Balaban J connectivity index is 3.27. The molecule has 0 saturated heterocycles. The first kappa shape index (κ1) is 6.93. The normalized spacial score (nSPS) is 10.9. The third kappa shape index (κ3) is 5.93. The number of allylic oxidation sites excluding steroid dienone is 4. The van der Waals surface area contributed by atoms with Gasteiger partial charge in [-0.15, -0.1) is 0 Å². The molecule has 0 spiro atoms. The summed E-state index contributed by atoms with van der Waals surface area (Å²) in [6, 6.07) is 0. The van der Waals surface area contributed by atoms with E-state index in [1.54, 1.807) is 0 Å². The third-order valence-electron chi connectivity index (χ3n) is 0.460. The molecule has 0 aliphatic carbocycles. The second kappa shape index (κ2) is 5.93. The van der Waals surface area contributed by atoms with Crippen molar-refractivity contribution in [1.82, 2.24) is 0 Å². The van der Waals surface area contributed by atoms with Crippen LogP contribution in [-0.2, 0) is 17.0 Å². The molecule has 0 aromatic carbocycles. The van der Waals surface area contributed by atoms with Crippen LogP contribution in [0.1, 0.15) is 6.92 Å². The van der Waals surface area contributed by atoms with E-state index in [0.29, 0.717) is 0 Å². The van der Waals surface area contributed by atoms with E-state index >= 15 is 0 Å². The van der Waals surface area contributed by atoms with Gasteiger partial charge in [0.05, 0.1) is 0 Å². The Morgan fingerprint density at radius 3 is 2.57 bits per heavy atom.